The fraction of sp³-hybridized carbons (Fsp3) is 0.190. The van der Waals surface area contributed by atoms with E-state index in [1.165, 1.54) is 18.2 Å². The number of benzene rings is 2. The highest BCUT2D eigenvalue weighted by Gasteiger charge is 2.13. The smallest absolute Gasteiger partial charge is 0.349 e. The number of ether oxygens (including phenoxy) is 1. The van der Waals surface area contributed by atoms with Crippen molar-refractivity contribution in [3.05, 3.63) is 76.6 Å². The zero-order valence-electron chi connectivity index (χ0n) is 14.9. The van der Waals surface area contributed by atoms with Crippen molar-refractivity contribution in [2.24, 2.45) is 0 Å². The number of esters is 1. The molecule has 0 unspecified atom stereocenters. The van der Waals surface area contributed by atoms with E-state index in [9.17, 15) is 14.0 Å². The number of amides is 1. The van der Waals surface area contributed by atoms with Crippen LogP contribution in [0.2, 0.25) is 0 Å². The van der Waals surface area contributed by atoms with E-state index in [-0.39, 0.29) is 11.4 Å². The van der Waals surface area contributed by atoms with Crippen LogP contribution >= 0.6 is 0 Å². The molecule has 138 valence electrons. The number of hydrogen-bond donors (Lipinski definition) is 1. The number of nitrogens with one attached hydrogen (secondary N) is 1. The van der Waals surface area contributed by atoms with E-state index in [2.05, 4.69) is 5.32 Å². The molecule has 27 heavy (non-hydrogen) atoms. The second-order valence-corrected chi connectivity index (χ2v) is 5.88. The van der Waals surface area contributed by atoms with Crippen LogP contribution in [-0.2, 0) is 20.7 Å². The van der Waals surface area contributed by atoms with Crippen LogP contribution in [0.25, 0.3) is 6.08 Å². The van der Waals surface area contributed by atoms with E-state index in [1.807, 2.05) is 19.1 Å². The lowest BCUT2D eigenvalue weighted by molar-refractivity contribution is -0.144. The third-order valence-corrected chi connectivity index (χ3v) is 3.71. The molecule has 0 saturated heterocycles. The Hall–Kier alpha value is -3.46. The highest BCUT2D eigenvalue weighted by atomic mass is 19.1. The molecule has 0 saturated carbocycles. The first-order chi connectivity index (χ1) is 13.0. The summed E-state index contributed by atoms with van der Waals surface area (Å²) in [6.07, 6.45) is 1.94. The summed E-state index contributed by atoms with van der Waals surface area (Å²) in [6, 6.07) is 15.0. The fourth-order valence-corrected chi connectivity index (χ4v) is 2.22. The van der Waals surface area contributed by atoms with Gasteiger partial charge in [0.2, 0.25) is 0 Å². The predicted molar refractivity (Wildman–Crippen MR) is 98.8 cm³/mol. The van der Waals surface area contributed by atoms with Gasteiger partial charge in [0.15, 0.2) is 6.61 Å². The minimum atomic E-state index is -0.855. The molecule has 0 radical (unpaired) electrons. The van der Waals surface area contributed by atoms with Gasteiger partial charge in [-0.1, -0.05) is 42.0 Å². The number of aryl methyl sites for hydroxylation is 1. The first-order valence-corrected chi connectivity index (χ1v) is 8.34. The van der Waals surface area contributed by atoms with Crippen molar-refractivity contribution in [2.45, 2.75) is 13.3 Å². The van der Waals surface area contributed by atoms with E-state index >= 15 is 0 Å². The van der Waals surface area contributed by atoms with Crippen LogP contribution in [0.3, 0.4) is 0 Å². The quantitative estimate of drug-likeness (QED) is 0.464. The number of halogens is 1. The van der Waals surface area contributed by atoms with Gasteiger partial charge in [0.1, 0.15) is 17.5 Å². The number of nitriles is 1. The van der Waals surface area contributed by atoms with Crippen molar-refractivity contribution in [1.82, 2.24) is 5.32 Å². The van der Waals surface area contributed by atoms with Crippen LogP contribution in [0, 0.1) is 24.1 Å². The Kier molecular flexibility index (Phi) is 7.26. The highest BCUT2D eigenvalue weighted by molar-refractivity contribution is 5.98. The molecule has 0 spiro atoms. The van der Waals surface area contributed by atoms with Crippen LogP contribution in [0.15, 0.2) is 54.1 Å². The van der Waals surface area contributed by atoms with Gasteiger partial charge in [-0.3, -0.25) is 4.79 Å². The maximum Gasteiger partial charge on any atom is 0.349 e. The SMILES string of the molecule is Cc1ccc(/C=C(\C#N)C(=O)OCC(=O)NCCc2ccc(F)cc2)cc1. The number of rotatable bonds is 7. The third kappa shape index (κ3) is 6.75. The van der Waals surface area contributed by atoms with E-state index < -0.39 is 18.5 Å². The molecule has 0 aromatic heterocycles. The Balaban J connectivity index is 1.79. The van der Waals surface area contributed by atoms with Crippen LogP contribution < -0.4 is 5.32 Å². The molecule has 0 aliphatic carbocycles. The topological polar surface area (TPSA) is 79.2 Å². The van der Waals surface area contributed by atoms with E-state index in [0.717, 1.165) is 11.1 Å². The summed E-state index contributed by atoms with van der Waals surface area (Å²) in [5.74, 6) is -1.65. The fourth-order valence-electron chi connectivity index (χ4n) is 2.22. The maximum atomic E-state index is 12.8. The monoisotopic (exact) mass is 366 g/mol. The van der Waals surface area contributed by atoms with Crippen molar-refractivity contribution in [1.29, 1.82) is 5.26 Å². The van der Waals surface area contributed by atoms with Crippen LogP contribution in [0.5, 0.6) is 0 Å². The van der Waals surface area contributed by atoms with E-state index in [1.54, 1.807) is 30.3 Å². The van der Waals surface area contributed by atoms with Gasteiger partial charge in [-0.25, -0.2) is 9.18 Å². The summed E-state index contributed by atoms with van der Waals surface area (Å²) in [6.45, 7) is 1.78. The molecular weight excluding hydrogens is 347 g/mol. The third-order valence-electron chi connectivity index (χ3n) is 3.71. The zero-order chi connectivity index (χ0) is 19.6. The number of hydrogen-bond acceptors (Lipinski definition) is 4. The molecule has 5 nitrogen and oxygen atoms in total. The normalized spacial score (nSPS) is 10.8. The molecule has 6 heteroatoms. The van der Waals surface area contributed by atoms with Crippen LogP contribution in [0.1, 0.15) is 16.7 Å². The van der Waals surface area contributed by atoms with Gasteiger partial charge in [-0.2, -0.15) is 5.26 Å². The second kappa shape index (κ2) is 9.88. The summed E-state index contributed by atoms with van der Waals surface area (Å²) in [4.78, 5) is 23.7. The molecule has 2 aromatic carbocycles. The molecule has 2 aromatic rings. The lowest BCUT2D eigenvalue weighted by atomic mass is 10.1. The van der Waals surface area contributed by atoms with Crippen molar-refractivity contribution >= 4 is 18.0 Å². The van der Waals surface area contributed by atoms with E-state index in [4.69, 9.17) is 10.00 Å². The van der Waals surface area contributed by atoms with Gasteiger partial charge in [0.05, 0.1) is 0 Å². The van der Waals surface area contributed by atoms with Gasteiger partial charge in [0, 0.05) is 6.54 Å². The number of nitrogens with zero attached hydrogens (tertiary/aromatic N) is 1. The van der Waals surface area contributed by atoms with Gasteiger partial charge in [-0.15, -0.1) is 0 Å². The minimum absolute atomic E-state index is 0.182. The molecule has 0 heterocycles. The summed E-state index contributed by atoms with van der Waals surface area (Å²) in [5, 5.41) is 11.7. The highest BCUT2D eigenvalue weighted by Crippen LogP contribution is 2.09. The molecule has 0 aliphatic rings. The lowest BCUT2D eigenvalue weighted by Gasteiger charge is -2.06. The van der Waals surface area contributed by atoms with Gasteiger partial charge in [-0.05, 0) is 42.7 Å². The van der Waals surface area contributed by atoms with Gasteiger partial charge < -0.3 is 10.1 Å². The van der Waals surface area contributed by atoms with Crippen molar-refractivity contribution < 1.29 is 18.7 Å². The molecule has 2 rings (SSSR count). The van der Waals surface area contributed by atoms with Crippen LogP contribution in [0.4, 0.5) is 4.39 Å². The molecule has 0 aliphatic heterocycles. The summed E-state index contributed by atoms with van der Waals surface area (Å²) < 4.78 is 17.7. The summed E-state index contributed by atoms with van der Waals surface area (Å²) in [5.41, 5.74) is 2.45. The maximum absolute atomic E-state index is 12.8. The van der Waals surface area contributed by atoms with Gasteiger partial charge in [0.25, 0.3) is 5.91 Å². The Morgan fingerprint density at radius 1 is 1.15 bits per heavy atom. The molecular formula is C21H19FN2O3. The number of carbonyl (C=O) groups is 2. The first kappa shape index (κ1) is 19.9. The lowest BCUT2D eigenvalue weighted by Crippen LogP contribution is -2.30. The Morgan fingerprint density at radius 2 is 1.81 bits per heavy atom. The number of carbonyl (C=O) groups excluding carboxylic acids is 2. The Labute approximate surface area is 157 Å². The summed E-state index contributed by atoms with van der Waals surface area (Å²) in [7, 11) is 0. The predicted octanol–water partition coefficient (Wildman–Crippen LogP) is 2.94. The molecule has 1 amide bonds. The Morgan fingerprint density at radius 3 is 2.44 bits per heavy atom. The minimum Gasteiger partial charge on any atom is -0.451 e. The average Bonchev–Trinajstić information content (AvgIpc) is 2.67. The molecule has 1 N–H and O–H groups in total. The first-order valence-electron chi connectivity index (χ1n) is 8.34. The Bertz CT molecular complexity index is 866. The molecule has 0 bridgehead atoms. The van der Waals surface area contributed by atoms with E-state index in [0.29, 0.717) is 18.5 Å². The summed E-state index contributed by atoms with van der Waals surface area (Å²) >= 11 is 0. The second-order valence-electron chi connectivity index (χ2n) is 5.88. The van der Waals surface area contributed by atoms with Crippen molar-refractivity contribution in [3.63, 3.8) is 0 Å². The van der Waals surface area contributed by atoms with Crippen molar-refractivity contribution in [2.75, 3.05) is 13.2 Å². The standard InChI is InChI=1S/C21H19FN2O3/c1-15-2-4-17(5-3-15)12-18(13-23)21(26)27-14-20(25)24-11-10-16-6-8-19(22)9-7-16/h2-9,12H,10-11,14H2,1H3,(H,24,25)/b18-12+. The van der Waals surface area contributed by atoms with Crippen molar-refractivity contribution in [3.8, 4) is 6.07 Å². The average molecular weight is 366 g/mol. The zero-order valence-corrected chi connectivity index (χ0v) is 14.9. The van der Waals surface area contributed by atoms with Gasteiger partial charge >= 0.3 is 5.97 Å². The van der Waals surface area contributed by atoms with Crippen LogP contribution in [-0.4, -0.2) is 25.0 Å². The molecule has 0 fully saturated rings. The molecule has 0 atom stereocenters. The largest absolute Gasteiger partial charge is 0.451 e.